The monoisotopic (exact) mass is 301 g/mol. The number of hydrogen-bond donors (Lipinski definition) is 1. The van der Waals surface area contributed by atoms with Crippen LogP contribution in [0.25, 0.3) is 10.2 Å². The first-order chi connectivity index (χ1) is 10.3. The van der Waals surface area contributed by atoms with Gasteiger partial charge in [0.15, 0.2) is 11.5 Å². The summed E-state index contributed by atoms with van der Waals surface area (Å²) in [6.07, 6.45) is 1.57. The van der Waals surface area contributed by atoms with E-state index in [1.54, 1.807) is 31.9 Å². The number of fused-ring (bicyclic) bond motifs is 1. The van der Waals surface area contributed by atoms with Crippen LogP contribution in [0.2, 0.25) is 0 Å². The summed E-state index contributed by atoms with van der Waals surface area (Å²) < 4.78 is 10.7. The van der Waals surface area contributed by atoms with Crippen molar-refractivity contribution in [3.8, 4) is 11.5 Å². The molecule has 2 heterocycles. The van der Waals surface area contributed by atoms with Gasteiger partial charge in [0.05, 0.1) is 19.6 Å². The van der Waals surface area contributed by atoms with Crippen molar-refractivity contribution in [3.63, 3.8) is 0 Å². The van der Waals surface area contributed by atoms with Crippen molar-refractivity contribution in [1.29, 1.82) is 0 Å². The van der Waals surface area contributed by atoms with Crippen LogP contribution in [-0.2, 0) is 6.54 Å². The minimum Gasteiger partial charge on any atom is -0.493 e. The van der Waals surface area contributed by atoms with Gasteiger partial charge in [-0.1, -0.05) is 12.1 Å². The minimum atomic E-state index is 0.600. The number of para-hydroxylation sites is 1. The Morgan fingerprint density at radius 3 is 2.86 bits per heavy atom. The second kappa shape index (κ2) is 5.97. The summed E-state index contributed by atoms with van der Waals surface area (Å²) in [5.74, 6) is 2.29. The lowest BCUT2D eigenvalue weighted by Gasteiger charge is -2.13. The van der Waals surface area contributed by atoms with E-state index in [4.69, 9.17) is 9.47 Å². The first-order valence-electron chi connectivity index (χ1n) is 6.45. The molecule has 6 heteroatoms. The number of thiophene rings is 1. The Hall–Kier alpha value is -2.34. The van der Waals surface area contributed by atoms with Crippen molar-refractivity contribution in [2.45, 2.75) is 6.54 Å². The lowest BCUT2D eigenvalue weighted by molar-refractivity contribution is 0.352. The van der Waals surface area contributed by atoms with Crippen molar-refractivity contribution >= 4 is 27.4 Å². The molecule has 21 heavy (non-hydrogen) atoms. The van der Waals surface area contributed by atoms with Crippen molar-refractivity contribution < 1.29 is 9.47 Å². The zero-order valence-electron chi connectivity index (χ0n) is 11.8. The molecule has 0 spiro atoms. The molecule has 3 aromatic rings. The number of anilines is 1. The third-order valence-corrected chi connectivity index (χ3v) is 4.01. The maximum atomic E-state index is 5.43. The predicted molar refractivity (Wildman–Crippen MR) is 84.3 cm³/mol. The molecule has 3 rings (SSSR count). The van der Waals surface area contributed by atoms with Crippen molar-refractivity contribution in [1.82, 2.24) is 9.97 Å². The van der Waals surface area contributed by atoms with Crippen LogP contribution in [0.1, 0.15) is 5.56 Å². The van der Waals surface area contributed by atoms with Gasteiger partial charge in [0.1, 0.15) is 17.0 Å². The number of nitrogens with zero attached hydrogens (tertiary/aromatic N) is 2. The minimum absolute atomic E-state index is 0.600. The van der Waals surface area contributed by atoms with Crippen molar-refractivity contribution in [3.05, 3.63) is 41.5 Å². The summed E-state index contributed by atoms with van der Waals surface area (Å²) in [7, 11) is 3.28. The highest BCUT2D eigenvalue weighted by molar-refractivity contribution is 7.16. The molecule has 5 nitrogen and oxygen atoms in total. The Kier molecular flexibility index (Phi) is 3.87. The molecule has 0 aliphatic rings. The molecule has 0 unspecified atom stereocenters. The summed E-state index contributed by atoms with van der Waals surface area (Å²) in [5.41, 5.74) is 1.01. The Balaban J connectivity index is 1.86. The summed E-state index contributed by atoms with van der Waals surface area (Å²) in [6.45, 7) is 0.600. The normalized spacial score (nSPS) is 10.6. The number of methoxy groups -OCH3 is 2. The SMILES string of the molecule is COc1cccc(CNc2ncnc3sccc23)c1OC. The molecule has 0 aliphatic carbocycles. The fourth-order valence-electron chi connectivity index (χ4n) is 2.20. The summed E-state index contributed by atoms with van der Waals surface area (Å²) in [6, 6.07) is 7.84. The molecule has 0 atom stereocenters. The van der Waals surface area contributed by atoms with Gasteiger partial charge in [-0.25, -0.2) is 9.97 Å². The van der Waals surface area contributed by atoms with Crippen LogP contribution in [0.4, 0.5) is 5.82 Å². The molecule has 0 saturated heterocycles. The van der Waals surface area contributed by atoms with Crippen molar-refractivity contribution in [2.75, 3.05) is 19.5 Å². The van der Waals surface area contributed by atoms with Gasteiger partial charge in [-0.15, -0.1) is 11.3 Å². The maximum Gasteiger partial charge on any atom is 0.165 e. The molecule has 108 valence electrons. The molecule has 0 bridgehead atoms. The highest BCUT2D eigenvalue weighted by atomic mass is 32.1. The molecule has 0 saturated carbocycles. The summed E-state index contributed by atoms with van der Waals surface area (Å²) >= 11 is 1.60. The van der Waals surface area contributed by atoms with Crippen LogP contribution in [0.5, 0.6) is 11.5 Å². The lowest BCUT2D eigenvalue weighted by atomic mass is 10.2. The van der Waals surface area contributed by atoms with Crippen molar-refractivity contribution in [2.24, 2.45) is 0 Å². The second-order valence-electron chi connectivity index (χ2n) is 4.37. The Labute approximate surface area is 126 Å². The fourth-order valence-corrected chi connectivity index (χ4v) is 2.94. The zero-order valence-corrected chi connectivity index (χ0v) is 12.6. The number of rotatable bonds is 5. The largest absolute Gasteiger partial charge is 0.493 e. The zero-order chi connectivity index (χ0) is 14.7. The van der Waals surface area contributed by atoms with E-state index in [0.717, 1.165) is 33.1 Å². The highest BCUT2D eigenvalue weighted by Gasteiger charge is 2.10. The van der Waals surface area contributed by atoms with Gasteiger partial charge in [-0.3, -0.25) is 0 Å². The Morgan fingerprint density at radius 1 is 1.14 bits per heavy atom. The van der Waals surface area contributed by atoms with E-state index in [0.29, 0.717) is 6.54 Å². The maximum absolute atomic E-state index is 5.43. The Bertz CT molecular complexity index is 758. The predicted octanol–water partition coefficient (Wildman–Crippen LogP) is 3.32. The molecule has 1 N–H and O–H groups in total. The van der Waals surface area contributed by atoms with Crippen LogP contribution in [0, 0.1) is 0 Å². The molecule has 0 fully saturated rings. The highest BCUT2D eigenvalue weighted by Crippen LogP contribution is 2.31. The van der Waals surface area contributed by atoms with Gasteiger partial charge in [0.2, 0.25) is 0 Å². The molecular formula is C15H15N3O2S. The molecule has 2 aromatic heterocycles. The van der Waals surface area contributed by atoms with Crippen LogP contribution < -0.4 is 14.8 Å². The van der Waals surface area contributed by atoms with E-state index in [1.807, 2.05) is 29.6 Å². The summed E-state index contributed by atoms with van der Waals surface area (Å²) in [4.78, 5) is 9.52. The van der Waals surface area contributed by atoms with Gasteiger partial charge in [-0.2, -0.15) is 0 Å². The fraction of sp³-hybridized carbons (Fsp3) is 0.200. The summed E-state index contributed by atoms with van der Waals surface area (Å²) in [5, 5.41) is 6.38. The first kappa shape index (κ1) is 13.6. The number of ether oxygens (including phenoxy) is 2. The first-order valence-corrected chi connectivity index (χ1v) is 7.33. The molecule has 0 amide bonds. The molecule has 0 aliphatic heterocycles. The van der Waals surface area contributed by atoms with Gasteiger partial charge in [0, 0.05) is 12.1 Å². The van der Waals surface area contributed by atoms with E-state index in [9.17, 15) is 0 Å². The average Bonchev–Trinajstić information content (AvgIpc) is 3.01. The second-order valence-corrected chi connectivity index (χ2v) is 5.26. The quantitative estimate of drug-likeness (QED) is 0.783. The van der Waals surface area contributed by atoms with E-state index >= 15 is 0 Å². The third kappa shape index (κ3) is 2.62. The van der Waals surface area contributed by atoms with E-state index < -0.39 is 0 Å². The van der Waals surface area contributed by atoms with Gasteiger partial charge >= 0.3 is 0 Å². The average molecular weight is 301 g/mol. The molecule has 1 aromatic carbocycles. The van der Waals surface area contributed by atoms with Gasteiger partial charge in [-0.05, 0) is 17.5 Å². The van der Waals surface area contributed by atoms with E-state index in [2.05, 4.69) is 15.3 Å². The van der Waals surface area contributed by atoms with E-state index in [1.165, 1.54) is 0 Å². The third-order valence-electron chi connectivity index (χ3n) is 3.19. The van der Waals surface area contributed by atoms with Crippen LogP contribution in [0.3, 0.4) is 0 Å². The van der Waals surface area contributed by atoms with E-state index in [-0.39, 0.29) is 0 Å². The molecule has 0 radical (unpaired) electrons. The topological polar surface area (TPSA) is 56.3 Å². The lowest BCUT2D eigenvalue weighted by Crippen LogP contribution is -2.04. The van der Waals surface area contributed by atoms with Crippen LogP contribution >= 0.6 is 11.3 Å². The number of nitrogens with one attached hydrogen (secondary N) is 1. The number of hydrogen-bond acceptors (Lipinski definition) is 6. The van der Waals surface area contributed by atoms with Gasteiger partial charge in [0.25, 0.3) is 0 Å². The van der Waals surface area contributed by atoms with Crippen LogP contribution in [0.15, 0.2) is 36.0 Å². The molecular weight excluding hydrogens is 286 g/mol. The Morgan fingerprint density at radius 2 is 2.05 bits per heavy atom. The number of aromatic nitrogens is 2. The standard InChI is InChI=1S/C15H15N3O2S/c1-19-12-5-3-4-10(13(12)20-2)8-16-14-11-6-7-21-15(11)18-9-17-14/h3-7,9H,8H2,1-2H3,(H,16,17,18). The smallest absolute Gasteiger partial charge is 0.165 e. The number of benzene rings is 1. The van der Waals surface area contributed by atoms with Crippen LogP contribution in [-0.4, -0.2) is 24.2 Å². The van der Waals surface area contributed by atoms with Gasteiger partial charge < -0.3 is 14.8 Å².